The fourth-order valence-corrected chi connectivity index (χ4v) is 2.86. The number of hydrogen-bond donors (Lipinski definition) is 1. The minimum absolute atomic E-state index is 0.360. The summed E-state index contributed by atoms with van der Waals surface area (Å²) in [5, 5.41) is 5.53. The molecule has 0 aliphatic carbocycles. The molecule has 2 N–H and O–H groups in total. The number of halogens is 3. The Morgan fingerprint density at radius 2 is 2.05 bits per heavy atom. The highest BCUT2D eigenvalue weighted by molar-refractivity contribution is 6.32. The molecule has 0 saturated carbocycles. The van der Waals surface area contributed by atoms with Crippen LogP contribution in [0.5, 0.6) is 0 Å². The van der Waals surface area contributed by atoms with Gasteiger partial charge in [0.1, 0.15) is 5.82 Å². The molecule has 0 radical (unpaired) electrons. The number of aryl methyl sites for hydroxylation is 2. The highest BCUT2D eigenvalue weighted by Crippen LogP contribution is 2.28. The number of nitrogens with two attached hydrogens (primary N) is 1. The number of hydrogen-bond acceptors (Lipinski definition) is 2. The second-order valence-corrected chi connectivity index (χ2v) is 5.67. The van der Waals surface area contributed by atoms with Gasteiger partial charge < -0.3 is 5.73 Å². The second kappa shape index (κ2) is 6.77. The molecule has 1 unspecified atom stereocenters. The van der Waals surface area contributed by atoms with Gasteiger partial charge in [-0.3, -0.25) is 4.68 Å². The van der Waals surface area contributed by atoms with Crippen molar-refractivity contribution in [1.29, 1.82) is 0 Å². The monoisotopic (exact) mass is 329 g/mol. The van der Waals surface area contributed by atoms with Gasteiger partial charge in [-0.05, 0) is 31.5 Å². The lowest BCUT2D eigenvalue weighted by Crippen LogP contribution is -2.17. The molecular formula is C15H18Cl2FN3. The molecule has 0 aliphatic rings. The van der Waals surface area contributed by atoms with Gasteiger partial charge in [-0.15, -0.1) is 0 Å². The van der Waals surface area contributed by atoms with Crippen LogP contribution in [0.2, 0.25) is 10.0 Å². The molecule has 3 nitrogen and oxygen atoms in total. The van der Waals surface area contributed by atoms with Gasteiger partial charge in [-0.2, -0.15) is 5.10 Å². The lowest BCUT2D eigenvalue weighted by molar-refractivity contribution is 0.555. The Labute approximate surface area is 133 Å². The van der Waals surface area contributed by atoms with Crippen LogP contribution in [0.3, 0.4) is 0 Å². The average molecular weight is 330 g/mol. The molecule has 2 rings (SSSR count). The van der Waals surface area contributed by atoms with Crippen molar-refractivity contribution in [2.24, 2.45) is 5.73 Å². The predicted octanol–water partition coefficient (Wildman–Crippen LogP) is 4.15. The molecule has 0 aliphatic heterocycles. The van der Waals surface area contributed by atoms with Gasteiger partial charge >= 0.3 is 0 Å². The molecule has 114 valence electrons. The third-order valence-corrected chi connectivity index (χ3v) is 4.14. The zero-order valence-corrected chi connectivity index (χ0v) is 13.5. The summed E-state index contributed by atoms with van der Waals surface area (Å²) in [6.45, 7) is 4.67. The van der Waals surface area contributed by atoms with Crippen LogP contribution in [0, 0.1) is 5.82 Å². The van der Waals surface area contributed by atoms with Crippen molar-refractivity contribution in [3.63, 3.8) is 0 Å². The summed E-state index contributed by atoms with van der Waals surface area (Å²) >= 11 is 12.3. The average Bonchev–Trinajstić information content (AvgIpc) is 2.77. The first-order valence-corrected chi connectivity index (χ1v) is 7.68. The molecule has 1 aromatic carbocycles. The Bertz CT molecular complexity index is 640. The molecule has 0 bridgehead atoms. The van der Waals surface area contributed by atoms with E-state index in [9.17, 15) is 4.39 Å². The Kier molecular flexibility index (Phi) is 5.25. The van der Waals surface area contributed by atoms with E-state index >= 15 is 0 Å². The van der Waals surface area contributed by atoms with Crippen LogP contribution < -0.4 is 5.73 Å². The first-order valence-electron chi connectivity index (χ1n) is 6.92. The van der Waals surface area contributed by atoms with Gasteiger partial charge in [-0.1, -0.05) is 30.1 Å². The van der Waals surface area contributed by atoms with Crippen molar-refractivity contribution >= 4 is 23.2 Å². The molecule has 2 aromatic rings. The standard InChI is InChI=1S/C15H18Cl2FN3/c1-3-13-15(17)14(21(4-2)20-13)8-12(19)10-7-9(16)5-6-11(10)18/h5-7,12H,3-4,8,19H2,1-2H3. The van der Waals surface area contributed by atoms with Crippen LogP contribution in [-0.4, -0.2) is 9.78 Å². The first-order chi connectivity index (χ1) is 9.97. The van der Waals surface area contributed by atoms with Crippen molar-refractivity contribution in [1.82, 2.24) is 9.78 Å². The van der Waals surface area contributed by atoms with Crippen molar-refractivity contribution in [2.45, 2.75) is 39.3 Å². The molecule has 0 spiro atoms. The van der Waals surface area contributed by atoms with Crippen molar-refractivity contribution in [3.05, 3.63) is 51.0 Å². The number of rotatable bonds is 5. The van der Waals surface area contributed by atoms with Gasteiger partial charge in [0.25, 0.3) is 0 Å². The quantitative estimate of drug-likeness (QED) is 0.895. The lowest BCUT2D eigenvalue weighted by atomic mass is 10.0. The molecule has 1 aromatic heterocycles. The first kappa shape index (κ1) is 16.3. The van der Waals surface area contributed by atoms with Gasteiger partial charge in [0.15, 0.2) is 0 Å². The lowest BCUT2D eigenvalue weighted by Gasteiger charge is -2.14. The van der Waals surface area contributed by atoms with E-state index in [4.69, 9.17) is 28.9 Å². The van der Waals surface area contributed by atoms with Crippen LogP contribution >= 0.6 is 23.2 Å². The van der Waals surface area contributed by atoms with Crippen LogP contribution in [0.4, 0.5) is 4.39 Å². The van der Waals surface area contributed by atoms with E-state index < -0.39 is 6.04 Å². The van der Waals surface area contributed by atoms with E-state index in [-0.39, 0.29) is 5.82 Å². The van der Waals surface area contributed by atoms with Crippen molar-refractivity contribution in [2.75, 3.05) is 0 Å². The molecular weight excluding hydrogens is 312 g/mol. The Hall–Kier alpha value is -1.10. The molecule has 0 saturated heterocycles. The molecule has 1 heterocycles. The smallest absolute Gasteiger partial charge is 0.128 e. The fourth-order valence-electron chi connectivity index (χ4n) is 2.33. The summed E-state index contributed by atoms with van der Waals surface area (Å²) in [4.78, 5) is 0. The summed E-state index contributed by atoms with van der Waals surface area (Å²) in [6, 6.07) is 3.87. The summed E-state index contributed by atoms with van der Waals surface area (Å²) in [6.07, 6.45) is 1.16. The summed E-state index contributed by atoms with van der Waals surface area (Å²) in [5.41, 5.74) is 8.21. The van der Waals surface area contributed by atoms with Crippen molar-refractivity contribution in [3.8, 4) is 0 Å². The Morgan fingerprint density at radius 3 is 2.67 bits per heavy atom. The minimum Gasteiger partial charge on any atom is -0.324 e. The second-order valence-electron chi connectivity index (χ2n) is 4.85. The minimum atomic E-state index is -0.520. The molecule has 0 amide bonds. The van der Waals surface area contributed by atoms with Crippen LogP contribution in [0.25, 0.3) is 0 Å². The van der Waals surface area contributed by atoms with Crippen LogP contribution in [-0.2, 0) is 19.4 Å². The SMILES string of the molecule is CCc1nn(CC)c(CC(N)c2cc(Cl)ccc2F)c1Cl. The van der Waals surface area contributed by atoms with E-state index in [1.165, 1.54) is 12.1 Å². The summed E-state index contributed by atoms with van der Waals surface area (Å²) < 4.78 is 15.7. The van der Waals surface area contributed by atoms with Gasteiger partial charge in [0.2, 0.25) is 0 Å². The zero-order chi connectivity index (χ0) is 15.6. The maximum Gasteiger partial charge on any atom is 0.128 e. The maximum atomic E-state index is 13.9. The third kappa shape index (κ3) is 3.39. The van der Waals surface area contributed by atoms with Gasteiger partial charge in [0.05, 0.1) is 16.4 Å². The van der Waals surface area contributed by atoms with E-state index in [1.807, 2.05) is 18.5 Å². The molecule has 0 fully saturated rings. The molecule has 1 atom stereocenters. The zero-order valence-electron chi connectivity index (χ0n) is 12.0. The summed E-state index contributed by atoms with van der Waals surface area (Å²) in [5.74, 6) is -0.360. The number of benzene rings is 1. The Balaban J connectivity index is 2.33. The summed E-state index contributed by atoms with van der Waals surface area (Å²) in [7, 11) is 0. The van der Waals surface area contributed by atoms with E-state index in [1.54, 1.807) is 6.07 Å². The van der Waals surface area contributed by atoms with Crippen molar-refractivity contribution < 1.29 is 4.39 Å². The third-order valence-electron chi connectivity index (χ3n) is 3.46. The number of aromatic nitrogens is 2. The molecule has 6 heteroatoms. The highest BCUT2D eigenvalue weighted by Gasteiger charge is 2.20. The normalized spacial score (nSPS) is 12.7. The van der Waals surface area contributed by atoms with Gasteiger partial charge in [-0.25, -0.2) is 4.39 Å². The maximum absolute atomic E-state index is 13.9. The van der Waals surface area contributed by atoms with Crippen LogP contribution in [0.1, 0.15) is 36.8 Å². The van der Waals surface area contributed by atoms with Gasteiger partial charge in [0, 0.05) is 29.6 Å². The Morgan fingerprint density at radius 1 is 1.33 bits per heavy atom. The molecule has 21 heavy (non-hydrogen) atoms. The predicted molar refractivity (Wildman–Crippen MR) is 84.3 cm³/mol. The number of nitrogens with zero attached hydrogens (tertiary/aromatic N) is 2. The topological polar surface area (TPSA) is 43.8 Å². The van der Waals surface area contributed by atoms with E-state index in [2.05, 4.69) is 5.10 Å². The van der Waals surface area contributed by atoms with Crippen LogP contribution in [0.15, 0.2) is 18.2 Å². The van der Waals surface area contributed by atoms with E-state index in [0.29, 0.717) is 28.6 Å². The fraction of sp³-hybridized carbons (Fsp3) is 0.400. The largest absolute Gasteiger partial charge is 0.324 e. The van der Waals surface area contributed by atoms with E-state index in [0.717, 1.165) is 17.8 Å². The highest BCUT2D eigenvalue weighted by atomic mass is 35.5.